The zero-order valence-corrected chi connectivity index (χ0v) is 9.70. The molecule has 0 bridgehead atoms. The van der Waals surface area contributed by atoms with Gasteiger partial charge in [-0.25, -0.2) is 9.59 Å². The number of esters is 1. The number of ether oxygens (including phenoxy) is 1. The van der Waals surface area contributed by atoms with Gasteiger partial charge in [0, 0.05) is 6.54 Å². The van der Waals surface area contributed by atoms with Crippen molar-refractivity contribution in [3.63, 3.8) is 0 Å². The number of hydrogen-bond donors (Lipinski definition) is 1. The molecule has 18 heavy (non-hydrogen) atoms. The Hall–Kier alpha value is -2.30. The molecule has 94 valence electrons. The average molecular weight is 247 g/mol. The summed E-state index contributed by atoms with van der Waals surface area (Å²) in [6, 6.07) is 8.58. The highest BCUT2D eigenvalue weighted by Crippen LogP contribution is 2.19. The first-order valence-electron chi connectivity index (χ1n) is 5.49. The quantitative estimate of drug-likeness (QED) is 0.638. The molecule has 2 rings (SSSR count). The van der Waals surface area contributed by atoms with Gasteiger partial charge in [-0.2, -0.15) is 0 Å². The standard InChI is InChI=1S/C13H13NO4/c1-9-7-14(13(16)17)8-11(9)18-12(15)10-5-3-2-4-6-10/h2-6,11H,1,7-8H2,(H,16,17). The first-order valence-corrected chi connectivity index (χ1v) is 5.49. The Balaban J connectivity index is 2.01. The summed E-state index contributed by atoms with van der Waals surface area (Å²) >= 11 is 0. The molecule has 1 heterocycles. The van der Waals surface area contributed by atoms with Crippen LogP contribution >= 0.6 is 0 Å². The molecule has 1 aromatic carbocycles. The van der Waals surface area contributed by atoms with Gasteiger partial charge in [0.15, 0.2) is 0 Å². The largest absolute Gasteiger partial charge is 0.465 e. The lowest BCUT2D eigenvalue weighted by Crippen LogP contribution is -2.29. The van der Waals surface area contributed by atoms with E-state index in [0.717, 1.165) is 0 Å². The maximum Gasteiger partial charge on any atom is 0.407 e. The maximum atomic E-state index is 11.8. The number of carbonyl (C=O) groups excluding carboxylic acids is 1. The highest BCUT2D eigenvalue weighted by molar-refractivity contribution is 5.89. The molecule has 1 unspecified atom stereocenters. The van der Waals surface area contributed by atoms with Gasteiger partial charge >= 0.3 is 12.1 Å². The molecule has 1 N–H and O–H groups in total. The van der Waals surface area contributed by atoms with Crippen molar-refractivity contribution in [1.82, 2.24) is 4.90 Å². The molecule has 0 spiro atoms. The number of hydrogen-bond acceptors (Lipinski definition) is 3. The molecule has 0 aliphatic carbocycles. The number of rotatable bonds is 2. The molecule has 1 atom stereocenters. The Labute approximate surface area is 104 Å². The zero-order valence-electron chi connectivity index (χ0n) is 9.70. The van der Waals surface area contributed by atoms with Crippen LogP contribution in [0.4, 0.5) is 4.79 Å². The summed E-state index contributed by atoms with van der Waals surface area (Å²) in [7, 11) is 0. The van der Waals surface area contributed by atoms with Crippen molar-refractivity contribution in [1.29, 1.82) is 0 Å². The van der Waals surface area contributed by atoms with Gasteiger partial charge in [0.1, 0.15) is 6.10 Å². The van der Waals surface area contributed by atoms with Crippen LogP contribution < -0.4 is 0 Å². The summed E-state index contributed by atoms with van der Waals surface area (Å²) in [6.45, 7) is 4.09. The van der Waals surface area contributed by atoms with E-state index >= 15 is 0 Å². The third kappa shape index (κ3) is 2.51. The molecule has 0 aromatic heterocycles. The number of nitrogens with zero attached hydrogens (tertiary/aromatic N) is 1. The lowest BCUT2D eigenvalue weighted by Gasteiger charge is -2.13. The SMILES string of the molecule is C=C1CN(C(=O)O)CC1OC(=O)c1ccccc1. The highest BCUT2D eigenvalue weighted by atomic mass is 16.5. The molecule has 1 saturated heterocycles. The van der Waals surface area contributed by atoms with Crippen LogP contribution in [0.15, 0.2) is 42.5 Å². The molecule has 1 amide bonds. The lowest BCUT2D eigenvalue weighted by atomic mass is 10.2. The maximum absolute atomic E-state index is 11.8. The van der Waals surface area contributed by atoms with E-state index < -0.39 is 18.2 Å². The fraction of sp³-hybridized carbons (Fsp3) is 0.231. The molecule has 0 radical (unpaired) electrons. The van der Waals surface area contributed by atoms with E-state index in [1.165, 1.54) is 4.90 Å². The van der Waals surface area contributed by atoms with E-state index in [1.54, 1.807) is 30.3 Å². The predicted molar refractivity (Wildman–Crippen MR) is 64.4 cm³/mol. The average Bonchev–Trinajstić information content (AvgIpc) is 2.72. The van der Waals surface area contributed by atoms with Gasteiger partial charge < -0.3 is 14.7 Å². The Morgan fingerprint density at radius 1 is 1.33 bits per heavy atom. The van der Waals surface area contributed by atoms with Crippen LogP contribution in [0.3, 0.4) is 0 Å². The van der Waals surface area contributed by atoms with Crippen LogP contribution in [0, 0.1) is 0 Å². The third-order valence-corrected chi connectivity index (χ3v) is 2.76. The monoisotopic (exact) mass is 247 g/mol. The van der Waals surface area contributed by atoms with E-state index in [9.17, 15) is 9.59 Å². The van der Waals surface area contributed by atoms with Gasteiger partial charge in [0.05, 0.1) is 12.1 Å². The molecule has 1 aromatic rings. The Morgan fingerprint density at radius 2 is 2.00 bits per heavy atom. The van der Waals surface area contributed by atoms with Crippen molar-refractivity contribution in [2.45, 2.75) is 6.10 Å². The van der Waals surface area contributed by atoms with Gasteiger partial charge in [-0.15, -0.1) is 0 Å². The third-order valence-electron chi connectivity index (χ3n) is 2.76. The van der Waals surface area contributed by atoms with E-state index in [1.807, 2.05) is 0 Å². The van der Waals surface area contributed by atoms with Crippen molar-refractivity contribution >= 4 is 12.1 Å². The second-order valence-electron chi connectivity index (χ2n) is 4.08. The van der Waals surface area contributed by atoms with Crippen LogP contribution in [-0.2, 0) is 4.74 Å². The smallest absolute Gasteiger partial charge is 0.407 e. The van der Waals surface area contributed by atoms with Crippen LogP contribution in [-0.4, -0.2) is 41.3 Å². The van der Waals surface area contributed by atoms with Crippen molar-refractivity contribution < 1.29 is 19.4 Å². The minimum absolute atomic E-state index is 0.146. The summed E-state index contributed by atoms with van der Waals surface area (Å²) in [5, 5.41) is 8.84. The summed E-state index contributed by atoms with van der Waals surface area (Å²) in [4.78, 5) is 23.8. The highest BCUT2D eigenvalue weighted by Gasteiger charge is 2.32. The van der Waals surface area contributed by atoms with Gasteiger partial charge in [-0.1, -0.05) is 24.8 Å². The number of carboxylic acid groups (broad SMARTS) is 1. The summed E-state index contributed by atoms with van der Waals surface area (Å²) in [5.41, 5.74) is 1.04. The molecule has 1 fully saturated rings. The number of amides is 1. The van der Waals surface area contributed by atoms with Gasteiger partial charge in [0.2, 0.25) is 0 Å². The first kappa shape index (κ1) is 12.2. The van der Waals surface area contributed by atoms with E-state index in [2.05, 4.69) is 6.58 Å². The summed E-state index contributed by atoms with van der Waals surface area (Å²) in [6.07, 6.45) is -1.59. The van der Waals surface area contributed by atoms with E-state index in [0.29, 0.717) is 11.1 Å². The Bertz CT molecular complexity index is 483. The molecular weight excluding hydrogens is 234 g/mol. The molecule has 5 heteroatoms. The second-order valence-corrected chi connectivity index (χ2v) is 4.08. The van der Waals surface area contributed by atoms with Gasteiger partial charge in [0.25, 0.3) is 0 Å². The lowest BCUT2D eigenvalue weighted by molar-refractivity contribution is 0.0376. The normalized spacial score (nSPS) is 18.8. The molecule has 5 nitrogen and oxygen atoms in total. The summed E-state index contributed by atoms with van der Waals surface area (Å²) < 4.78 is 5.25. The Morgan fingerprint density at radius 3 is 2.56 bits per heavy atom. The predicted octanol–water partition coefficient (Wildman–Crippen LogP) is 1.76. The molecular formula is C13H13NO4. The molecule has 1 aliphatic rings. The zero-order chi connectivity index (χ0) is 13.1. The van der Waals surface area contributed by atoms with Crippen LogP contribution in [0.25, 0.3) is 0 Å². The van der Waals surface area contributed by atoms with Gasteiger partial charge in [-0.3, -0.25) is 0 Å². The van der Waals surface area contributed by atoms with Gasteiger partial charge in [-0.05, 0) is 17.7 Å². The number of likely N-dealkylation sites (tertiary alicyclic amines) is 1. The fourth-order valence-electron chi connectivity index (χ4n) is 1.78. The minimum atomic E-state index is -1.03. The topological polar surface area (TPSA) is 66.8 Å². The number of carbonyl (C=O) groups is 2. The van der Waals surface area contributed by atoms with Crippen molar-refractivity contribution in [3.05, 3.63) is 48.0 Å². The van der Waals surface area contributed by atoms with E-state index in [4.69, 9.17) is 9.84 Å². The summed E-state index contributed by atoms with van der Waals surface area (Å²) in [5.74, 6) is -0.464. The first-order chi connectivity index (χ1) is 8.58. The van der Waals surface area contributed by atoms with Crippen molar-refractivity contribution in [3.8, 4) is 0 Å². The number of benzene rings is 1. The van der Waals surface area contributed by atoms with Crippen LogP contribution in [0.1, 0.15) is 10.4 Å². The molecule has 0 saturated carbocycles. The Kier molecular flexibility index (Phi) is 3.32. The van der Waals surface area contributed by atoms with Crippen molar-refractivity contribution in [2.75, 3.05) is 13.1 Å². The fourth-order valence-corrected chi connectivity index (χ4v) is 1.78. The molecule has 1 aliphatic heterocycles. The van der Waals surface area contributed by atoms with E-state index in [-0.39, 0.29) is 13.1 Å². The van der Waals surface area contributed by atoms with Crippen LogP contribution in [0.2, 0.25) is 0 Å². The van der Waals surface area contributed by atoms with Crippen LogP contribution in [0.5, 0.6) is 0 Å². The van der Waals surface area contributed by atoms with Crippen molar-refractivity contribution in [2.24, 2.45) is 0 Å². The second kappa shape index (κ2) is 4.91. The minimum Gasteiger partial charge on any atom is -0.465 e.